The fraction of sp³-hybridized carbons (Fsp3) is 0.231. The molecule has 0 radical (unpaired) electrons. The van der Waals surface area contributed by atoms with Crippen LogP contribution in [0.2, 0.25) is 0 Å². The number of anilines is 2. The topological polar surface area (TPSA) is 67.2 Å². The lowest BCUT2D eigenvalue weighted by Gasteiger charge is -2.08. The maximum atomic E-state index is 14.1. The van der Waals surface area contributed by atoms with Gasteiger partial charge in [0.15, 0.2) is 5.82 Å². The molecule has 2 N–H and O–H groups in total. The summed E-state index contributed by atoms with van der Waals surface area (Å²) in [5.41, 5.74) is 0.698. The lowest BCUT2D eigenvalue weighted by atomic mass is 10.2. The average molecular weight is 342 g/mol. The summed E-state index contributed by atoms with van der Waals surface area (Å²) in [6, 6.07) is 2.93. The van der Waals surface area contributed by atoms with Crippen molar-refractivity contribution in [3.8, 4) is 0 Å². The van der Waals surface area contributed by atoms with Gasteiger partial charge in [0.2, 0.25) is 0 Å². The molecular weight excluding hydrogens is 329 g/mol. The number of nitrogens with one attached hydrogen (secondary N) is 1. The monoisotopic (exact) mass is 341 g/mol. The predicted molar refractivity (Wildman–Crippen MR) is 77.0 cm³/mol. The Labute approximate surface area is 123 Å². The Morgan fingerprint density at radius 3 is 2.75 bits per heavy atom. The van der Waals surface area contributed by atoms with Crippen LogP contribution in [0.15, 0.2) is 29.0 Å². The zero-order valence-electron chi connectivity index (χ0n) is 10.9. The molecule has 0 fully saturated rings. The number of hydrogen-bond acceptors (Lipinski definition) is 3. The number of rotatable bonds is 4. The fourth-order valence-corrected chi connectivity index (χ4v) is 2.17. The molecule has 20 heavy (non-hydrogen) atoms. The van der Waals surface area contributed by atoms with E-state index in [1.807, 2.05) is 13.8 Å². The molecule has 0 saturated heterocycles. The molecule has 0 amide bonds. The normalized spacial score (nSPS) is 10.8. The van der Waals surface area contributed by atoms with E-state index in [9.17, 15) is 9.18 Å². The average Bonchev–Trinajstić information content (AvgIpc) is 2.83. The summed E-state index contributed by atoms with van der Waals surface area (Å²) in [6.45, 7) is 3.96. The van der Waals surface area contributed by atoms with Crippen LogP contribution < -0.4 is 5.32 Å². The first-order valence-corrected chi connectivity index (χ1v) is 6.72. The van der Waals surface area contributed by atoms with E-state index in [1.54, 1.807) is 17.1 Å². The molecule has 1 aromatic heterocycles. The Balaban J connectivity index is 2.29. The van der Waals surface area contributed by atoms with Crippen molar-refractivity contribution in [1.29, 1.82) is 0 Å². The van der Waals surface area contributed by atoms with Crippen molar-refractivity contribution >= 4 is 33.3 Å². The van der Waals surface area contributed by atoms with Crippen LogP contribution in [0, 0.1) is 5.82 Å². The minimum absolute atomic E-state index is 0.0775. The van der Waals surface area contributed by atoms with Gasteiger partial charge >= 0.3 is 5.97 Å². The van der Waals surface area contributed by atoms with Gasteiger partial charge in [-0.1, -0.05) is 0 Å². The summed E-state index contributed by atoms with van der Waals surface area (Å²) >= 11 is 2.96. The summed E-state index contributed by atoms with van der Waals surface area (Å²) in [5, 5.41) is 15.9. The first-order chi connectivity index (χ1) is 9.40. The molecule has 0 spiro atoms. The van der Waals surface area contributed by atoms with Gasteiger partial charge in [-0.05, 0) is 41.9 Å². The molecule has 0 unspecified atom stereocenters. The van der Waals surface area contributed by atoms with E-state index in [-0.39, 0.29) is 21.8 Å². The molecule has 0 aliphatic heterocycles. The van der Waals surface area contributed by atoms with Crippen molar-refractivity contribution in [1.82, 2.24) is 9.78 Å². The van der Waals surface area contributed by atoms with Gasteiger partial charge in [-0.2, -0.15) is 5.10 Å². The summed E-state index contributed by atoms with van der Waals surface area (Å²) in [6.07, 6.45) is 3.33. The predicted octanol–water partition coefficient (Wildman–Crippen LogP) is 3.81. The van der Waals surface area contributed by atoms with Crippen LogP contribution in [0.3, 0.4) is 0 Å². The lowest BCUT2D eigenvalue weighted by Crippen LogP contribution is -2.02. The fourth-order valence-electron chi connectivity index (χ4n) is 1.65. The number of carbonyl (C=O) groups is 1. The number of carboxylic acids is 1. The van der Waals surface area contributed by atoms with Crippen molar-refractivity contribution < 1.29 is 14.3 Å². The van der Waals surface area contributed by atoms with E-state index < -0.39 is 11.8 Å². The van der Waals surface area contributed by atoms with E-state index >= 15 is 0 Å². The van der Waals surface area contributed by atoms with Gasteiger partial charge in [0.1, 0.15) is 0 Å². The molecule has 5 nitrogen and oxygen atoms in total. The van der Waals surface area contributed by atoms with Gasteiger partial charge in [-0.25, -0.2) is 9.18 Å². The molecule has 0 aliphatic rings. The maximum Gasteiger partial charge on any atom is 0.336 e. The number of aromatic carboxylic acids is 1. The summed E-state index contributed by atoms with van der Waals surface area (Å²) in [7, 11) is 0. The quantitative estimate of drug-likeness (QED) is 0.887. The van der Waals surface area contributed by atoms with Crippen LogP contribution in [0.1, 0.15) is 30.2 Å². The minimum Gasteiger partial charge on any atom is -0.478 e. The molecule has 0 aliphatic carbocycles. The second-order valence-corrected chi connectivity index (χ2v) is 5.31. The molecule has 2 rings (SSSR count). The highest BCUT2D eigenvalue weighted by atomic mass is 79.9. The molecule has 0 atom stereocenters. The molecule has 0 bridgehead atoms. The Hall–Kier alpha value is -1.89. The zero-order chi connectivity index (χ0) is 14.9. The SMILES string of the molecule is CC(C)n1cc(Nc2ccc(C(=O)O)c(Br)c2F)cn1. The van der Waals surface area contributed by atoms with Gasteiger partial charge in [0.25, 0.3) is 0 Å². The minimum atomic E-state index is -1.19. The molecule has 2 aromatic rings. The van der Waals surface area contributed by atoms with Crippen LogP contribution in [0.4, 0.5) is 15.8 Å². The Morgan fingerprint density at radius 1 is 1.50 bits per heavy atom. The van der Waals surface area contributed by atoms with E-state index in [1.165, 1.54) is 12.1 Å². The molecule has 1 heterocycles. The first-order valence-electron chi connectivity index (χ1n) is 5.92. The van der Waals surface area contributed by atoms with Crippen LogP contribution in [0.5, 0.6) is 0 Å². The summed E-state index contributed by atoms with van der Waals surface area (Å²) in [4.78, 5) is 10.9. The molecule has 0 saturated carbocycles. The van der Waals surface area contributed by atoms with Crippen LogP contribution in [-0.2, 0) is 0 Å². The number of hydrogen-bond donors (Lipinski definition) is 2. The van der Waals surface area contributed by atoms with Crippen molar-refractivity contribution in [2.75, 3.05) is 5.32 Å². The third-order valence-electron chi connectivity index (χ3n) is 2.72. The van der Waals surface area contributed by atoms with Crippen molar-refractivity contribution in [2.24, 2.45) is 0 Å². The lowest BCUT2D eigenvalue weighted by molar-refractivity contribution is 0.0695. The zero-order valence-corrected chi connectivity index (χ0v) is 12.5. The third-order valence-corrected chi connectivity index (χ3v) is 3.50. The highest BCUT2D eigenvalue weighted by Crippen LogP contribution is 2.29. The van der Waals surface area contributed by atoms with Crippen molar-refractivity contribution in [2.45, 2.75) is 19.9 Å². The Morgan fingerprint density at radius 2 is 2.20 bits per heavy atom. The van der Waals surface area contributed by atoms with Gasteiger partial charge in [0.05, 0.1) is 27.6 Å². The van der Waals surface area contributed by atoms with Crippen LogP contribution >= 0.6 is 15.9 Å². The molecule has 1 aromatic carbocycles. The van der Waals surface area contributed by atoms with E-state index in [4.69, 9.17) is 5.11 Å². The molecule has 106 valence electrons. The number of halogens is 2. The number of carboxylic acid groups (broad SMARTS) is 1. The first kappa shape index (κ1) is 14.5. The van der Waals surface area contributed by atoms with E-state index in [2.05, 4.69) is 26.3 Å². The van der Waals surface area contributed by atoms with Crippen LogP contribution in [0.25, 0.3) is 0 Å². The Bertz CT molecular complexity index is 655. The molecule has 7 heteroatoms. The number of benzene rings is 1. The van der Waals surface area contributed by atoms with Gasteiger partial charge in [0, 0.05) is 12.2 Å². The van der Waals surface area contributed by atoms with Crippen LogP contribution in [-0.4, -0.2) is 20.9 Å². The highest BCUT2D eigenvalue weighted by molar-refractivity contribution is 9.10. The second kappa shape index (κ2) is 5.62. The highest BCUT2D eigenvalue weighted by Gasteiger charge is 2.16. The van der Waals surface area contributed by atoms with Crippen molar-refractivity contribution in [3.63, 3.8) is 0 Å². The van der Waals surface area contributed by atoms with Gasteiger partial charge < -0.3 is 10.4 Å². The van der Waals surface area contributed by atoms with E-state index in [0.717, 1.165) is 0 Å². The molecular formula is C13H13BrFN3O2. The second-order valence-electron chi connectivity index (χ2n) is 4.52. The third kappa shape index (κ3) is 2.82. The van der Waals surface area contributed by atoms with Crippen molar-refractivity contribution in [3.05, 3.63) is 40.4 Å². The largest absolute Gasteiger partial charge is 0.478 e. The summed E-state index contributed by atoms with van der Waals surface area (Å²) in [5.74, 6) is -1.84. The smallest absolute Gasteiger partial charge is 0.336 e. The maximum absolute atomic E-state index is 14.1. The standard InChI is InChI=1S/C13H13BrFN3O2/c1-7(2)18-6-8(5-16-18)17-10-4-3-9(13(19)20)11(14)12(10)15/h3-7,17H,1-2H3,(H,19,20). The van der Waals surface area contributed by atoms with Gasteiger partial charge in [-0.3, -0.25) is 4.68 Å². The van der Waals surface area contributed by atoms with Gasteiger partial charge in [-0.15, -0.1) is 0 Å². The number of nitrogens with zero attached hydrogens (tertiary/aromatic N) is 2. The van der Waals surface area contributed by atoms with E-state index in [0.29, 0.717) is 5.69 Å². The summed E-state index contributed by atoms with van der Waals surface area (Å²) < 4.78 is 15.7. The Kier molecular flexibility index (Phi) is 4.08. The number of aromatic nitrogens is 2.